The fourth-order valence-corrected chi connectivity index (χ4v) is 4.69. The van der Waals surface area contributed by atoms with Crippen LogP contribution in [-0.2, 0) is 4.79 Å². The Labute approximate surface area is 219 Å². The van der Waals surface area contributed by atoms with Crippen LogP contribution < -0.4 is 21.0 Å². The molecule has 38 heavy (non-hydrogen) atoms. The van der Waals surface area contributed by atoms with Gasteiger partial charge in [0.05, 0.1) is 16.8 Å². The van der Waals surface area contributed by atoms with E-state index >= 15 is 0 Å². The molecule has 2 aromatic carbocycles. The third-order valence-corrected chi connectivity index (χ3v) is 6.71. The first-order chi connectivity index (χ1) is 18.3. The largest absolute Gasteiger partial charge is 0.369 e. The molecule has 1 amide bonds. The number of pyridine rings is 1. The normalized spacial score (nSPS) is 15.4. The van der Waals surface area contributed by atoms with Gasteiger partial charge in [-0.1, -0.05) is 12.6 Å². The monoisotopic (exact) mass is 513 g/mol. The highest BCUT2D eigenvalue weighted by Gasteiger charge is 2.25. The number of hydrogen-bond donors (Lipinski definition) is 2. The summed E-state index contributed by atoms with van der Waals surface area (Å²) in [5, 5.41) is 6.37. The molecule has 1 atom stereocenters. The van der Waals surface area contributed by atoms with Crippen molar-refractivity contribution in [3.8, 4) is 5.69 Å². The molecule has 0 aliphatic carbocycles. The summed E-state index contributed by atoms with van der Waals surface area (Å²) in [6, 6.07) is 13.4. The van der Waals surface area contributed by atoms with Gasteiger partial charge in [-0.2, -0.15) is 4.98 Å². The highest BCUT2D eigenvalue weighted by atomic mass is 19.1. The second kappa shape index (κ2) is 10.4. The standard InChI is InChI=1S/C28H28FN7O2/c1-4-26(38)32-23-15-19(8-9-24(23)35(3)21-10-12-34(2)17-21)31-28-30-16-22-25(37)11-13-36(27(22)33-28)20-7-5-6-18(29)14-20/h4-9,11,13-16,21H,1,10,12,17H2,2-3H3,(H,32,38)(H,30,31,33). The molecule has 5 rings (SSSR count). The molecular weight excluding hydrogens is 485 g/mol. The number of anilines is 4. The van der Waals surface area contributed by atoms with E-state index in [1.165, 1.54) is 30.5 Å². The van der Waals surface area contributed by atoms with Gasteiger partial charge in [0.15, 0.2) is 11.1 Å². The van der Waals surface area contributed by atoms with Gasteiger partial charge in [0, 0.05) is 49.5 Å². The number of carbonyl (C=O) groups is 1. The maximum atomic E-state index is 13.9. The van der Waals surface area contributed by atoms with Crippen LogP contribution in [0, 0.1) is 5.82 Å². The Bertz CT molecular complexity index is 1590. The predicted molar refractivity (Wildman–Crippen MR) is 148 cm³/mol. The van der Waals surface area contributed by atoms with Crippen LogP contribution in [0.2, 0.25) is 0 Å². The van der Waals surface area contributed by atoms with Crippen LogP contribution in [0.3, 0.4) is 0 Å². The zero-order valence-electron chi connectivity index (χ0n) is 21.2. The molecule has 9 nitrogen and oxygen atoms in total. The van der Waals surface area contributed by atoms with E-state index in [1.807, 2.05) is 25.2 Å². The van der Waals surface area contributed by atoms with Gasteiger partial charge in [-0.3, -0.25) is 9.59 Å². The Kier molecular flexibility index (Phi) is 6.89. The average molecular weight is 514 g/mol. The van der Waals surface area contributed by atoms with Gasteiger partial charge in [0.2, 0.25) is 11.9 Å². The molecule has 10 heteroatoms. The van der Waals surface area contributed by atoms with E-state index in [0.29, 0.717) is 34.1 Å². The van der Waals surface area contributed by atoms with E-state index in [2.05, 4.69) is 44.0 Å². The van der Waals surface area contributed by atoms with Gasteiger partial charge in [0.1, 0.15) is 5.82 Å². The molecule has 2 aromatic heterocycles. The predicted octanol–water partition coefficient (Wildman–Crippen LogP) is 3.93. The van der Waals surface area contributed by atoms with E-state index < -0.39 is 5.82 Å². The molecule has 0 saturated carbocycles. The van der Waals surface area contributed by atoms with Crippen LogP contribution in [0.1, 0.15) is 6.42 Å². The number of benzene rings is 2. The minimum Gasteiger partial charge on any atom is -0.369 e. The van der Waals surface area contributed by atoms with Crippen molar-refractivity contribution in [2.75, 3.05) is 42.7 Å². The number of nitrogens with one attached hydrogen (secondary N) is 2. The second-order valence-corrected chi connectivity index (χ2v) is 9.33. The highest BCUT2D eigenvalue weighted by molar-refractivity contribution is 6.01. The van der Waals surface area contributed by atoms with Crippen LogP contribution in [0.25, 0.3) is 16.7 Å². The van der Waals surface area contributed by atoms with Crippen LogP contribution in [0.4, 0.5) is 27.4 Å². The Morgan fingerprint density at radius 3 is 2.82 bits per heavy atom. The van der Waals surface area contributed by atoms with Crippen molar-refractivity contribution in [2.45, 2.75) is 12.5 Å². The maximum Gasteiger partial charge on any atom is 0.247 e. The molecule has 1 aliphatic rings. The third-order valence-electron chi connectivity index (χ3n) is 6.71. The van der Waals surface area contributed by atoms with Crippen molar-refractivity contribution in [2.24, 2.45) is 0 Å². The topological polar surface area (TPSA) is 95.4 Å². The molecular formula is C28H28FN7O2. The van der Waals surface area contributed by atoms with Crippen molar-refractivity contribution >= 4 is 40.0 Å². The molecule has 0 radical (unpaired) electrons. The van der Waals surface area contributed by atoms with E-state index in [-0.39, 0.29) is 17.3 Å². The molecule has 0 bridgehead atoms. The number of aromatic nitrogens is 3. The summed E-state index contributed by atoms with van der Waals surface area (Å²) in [4.78, 5) is 38.0. The van der Waals surface area contributed by atoms with Gasteiger partial charge < -0.3 is 25.0 Å². The summed E-state index contributed by atoms with van der Waals surface area (Å²) in [5.41, 5.74) is 2.76. The molecule has 1 unspecified atom stereocenters. The second-order valence-electron chi connectivity index (χ2n) is 9.33. The lowest BCUT2D eigenvalue weighted by Gasteiger charge is -2.29. The minimum absolute atomic E-state index is 0.237. The molecule has 1 saturated heterocycles. The van der Waals surface area contributed by atoms with Crippen molar-refractivity contribution in [1.29, 1.82) is 0 Å². The molecule has 4 aromatic rings. The van der Waals surface area contributed by atoms with E-state index in [1.54, 1.807) is 22.9 Å². The van der Waals surface area contributed by atoms with E-state index in [0.717, 1.165) is 25.2 Å². The molecule has 0 spiro atoms. The van der Waals surface area contributed by atoms with Crippen LogP contribution in [0.5, 0.6) is 0 Å². The van der Waals surface area contributed by atoms with Crippen molar-refractivity contribution < 1.29 is 9.18 Å². The number of nitrogens with zero attached hydrogens (tertiary/aromatic N) is 5. The molecule has 2 N–H and O–H groups in total. The summed E-state index contributed by atoms with van der Waals surface area (Å²) in [6.07, 6.45) is 5.26. The van der Waals surface area contributed by atoms with E-state index in [4.69, 9.17) is 0 Å². The Morgan fingerprint density at radius 1 is 1.24 bits per heavy atom. The smallest absolute Gasteiger partial charge is 0.247 e. The summed E-state index contributed by atoms with van der Waals surface area (Å²) < 4.78 is 15.5. The van der Waals surface area contributed by atoms with Gasteiger partial charge in [-0.05, 0) is 62.5 Å². The minimum atomic E-state index is -0.398. The van der Waals surface area contributed by atoms with E-state index in [9.17, 15) is 14.0 Å². The quantitative estimate of drug-likeness (QED) is 0.362. The lowest BCUT2D eigenvalue weighted by molar-refractivity contribution is -0.111. The third kappa shape index (κ3) is 5.12. The number of carbonyl (C=O) groups excluding carboxylic acids is 1. The van der Waals surface area contributed by atoms with Gasteiger partial charge >= 0.3 is 0 Å². The Balaban J connectivity index is 1.51. The molecule has 1 fully saturated rings. The first kappa shape index (κ1) is 25.1. The van der Waals surface area contributed by atoms with Crippen molar-refractivity contribution in [1.82, 2.24) is 19.4 Å². The summed E-state index contributed by atoms with van der Waals surface area (Å²) in [6.45, 7) is 5.51. The maximum absolute atomic E-state index is 13.9. The first-order valence-electron chi connectivity index (χ1n) is 12.2. The summed E-state index contributed by atoms with van der Waals surface area (Å²) >= 11 is 0. The number of likely N-dealkylation sites (N-methyl/N-ethyl adjacent to an activating group) is 2. The number of likely N-dealkylation sites (tertiary alicyclic amines) is 1. The zero-order chi connectivity index (χ0) is 26.8. The fourth-order valence-electron chi connectivity index (χ4n) is 4.69. The number of fused-ring (bicyclic) bond motifs is 1. The lowest BCUT2D eigenvalue weighted by Crippen LogP contribution is -2.34. The van der Waals surface area contributed by atoms with Crippen LogP contribution in [-0.4, -0.2) is 58.6 Å². The summed E-state index contributed by atoms with van der Waals surface area (Å²) in [5.74, 6) is -0.473. The average Bonchev–Trinajstić information content (AvgIpc) is 3.35. The van der Waals surface area contributed by atoms with Crippen LogP contribution in [0.15, 0.2) is 78.4 Å². The number of rotatable bonds is 7. The number of halogens is 1. The lowest BCUT2D eigenvalue weighted by atomic mass is 10.1. The highest BCUT2D eigenvalue weighted by Crippen LogP contribution is 2.32. The zero-order valence-corrected chi connectivity index (χ0v) is 21.2. The fraction of sp³-hybridized carbons (Fsp3) is 0.214. The Morgan fingerprint density at radius 2 is 2.08 bits per heavy atom. The SMILES string of the molecule is C=CC(=O)Nc1cc(Nc2ncc3c(=O)ccn(-c4cccc(F)c4)c3n2)ccc1N(C)C1CCN(C)C1. The number of amides is 1. The number of hydrogen-bond acceptors (Lipinski definition) is 7. The van der Waals surface area contributed by atoms with Gasteiger partial charge in [-0.25, -0.2) is 9.37 Å². The van der Waals surface area contributed by atoms with Crippen molar-refractivity contribution in [3.05, 3.63) is 89.6 Å². The van der Waals surface area contributed by atoms with Gasteiger partial charge in [-0.15, -0.1) is 0 Å². The van der Waals surface area contributed by atoms with Crippen LogP contribution >= 0.6 is 0 Å². The molecule has 3 heterocycles. The summed E-state index contributed by atoms with van der Waals surface area (Å²) in [7, 11) is 4.12. The Hall–Kier alpha value is -4.57. The first-order valence-corrected chi connectivity index (χ1v) is 12.2. The van der Waals surface area contributed by atoms with Crippen molar-refractivity contribution in [3.63, 3.8) is 0 Å². The molecule has 1 aliphatic heterocycles. The molecule has 194 valence electrons. The van der Waals surface area contributed by atoms with Gasteiger partial charge in [0.25, 0.3) is 0 Å².